The topological polar surface area (TPSA) is 60.3 Å². The van der Waals surface area contributed by atoms with Crippen LogP contribution in [0.1, 0.15) is 5.56 Å². The number of hydrogen-bond acceptors (Lipinski definition) is 3. The second-order valence-electron chi connectivity index (χ2n) is 4.60. The normalized spacial score (nSPS) is 11.1. The van der Waals surface area contributed by atoms with Crippen LogP contribution in [0.5, 0.6) is 5.75 Å². The minimum Gasteiger partial charge on any atom is -0.491 e. The van der Waals surface area contributed by atoms with E-state index in [1.54, 1.807) is 0 Å². The molecule has 1 heterocycles. The number of methoxy groups -OCH3 is 1. The molecular weight excluding hydrogens is 313 g/mol. The monoisotopic (exact) mass is 326 g/mol. The predicted molar refractivity (Wildman–Crippen MR) is 77.3 cm³/mol. The summed E-state index contributed by atoms with van der Waals surface area (Å²) >= 11 is 0. The maximum Gasteiger partial charge on any atom is 0.418 e. The van der Waals surface area contributed by atoms with E-state index >= 15 is 0 Å². The smallest absolute Gasteiger partial charge is 0.418 e. The molecule has 0 atom stereocenters. The molecule has 0 aliphatic heterocycles. The van der Waals surface area contributed by atoms with Gasteiger partial charge in [-0.25, -0.2) is 0 Å². The largest absolute Gasteiger partial charge is 0.491 e. The van der Waals surface area contributed by atoms with Crippen LogP contribution in [-0.4, -0.2) is 17.6 Å². The molecule has 0 unspecified atom stereocenters. The fraction of sp³-hybridized carbons (Fsp3) is 0.200. The van der Waals surface area contributed by atoms with Gasteiger partial charge in [0.25, 0.3) is 5.56 Å². The quantitative estimate of drug-likeness (QED) is 0.939. The van der Waals surface area contributed by atoms with Gasteiger partial charge in [0.2, 0.25) is 5.91 Å². The van der Waals surface area contributed by atoms with Gasteiger partial charge in [0.1, 0.15) is 6.54 Å². The Labute approximate surface area is 129 Å². The van der Waals surface area contributed by atoms with Gasteiger partial charge in [-0.05, 0) is 24.3 Å². The number of rotatable bonds is 4. The Hall–Kier alpha value is -2.77. The predicted octanol–water partition coefficient (Wildman–Crippen LogP) is 2.51. The van der Waals surface area contributed by atoms with Crippen LogP contribution in [0.15, 0.2) is 47.4 Å². The summed E-state index contributed by atoms with van der Waals surface area (Å²) in [4.78, 5) is 23.8. The minimum absolute atomic E-state index is 0.0380. The number of nitrogens with one attached hydrogen (secondary N) is 1. The van der Waals surface area contributed by atoms with Crippen LogP contribution < -0.4 is 15.6 Å². The van der Waals surface area contributed by atoms with Crippen LogP contribution in [0, 0.1) is 0 Å². The van der Waals surface area contributed by atoms with Crippen molar-refractivity contribution in [1.29, 1.82) is 0 Å². The summed E-state index contributed by atoms with van der Waals surface area (Å²) in [6.45, 7) is -0.428. The lowest BCUT2D eigenvalue weighted by atomic mass is 10.1. The van der Waals surface area contributed by atoms with Gasteiger partial charge in [-0.15, -0.1) is 0 Å². The average Bonchev–Trinajstić information content (AvgIpc) is 2.49. The minimum atomic E-state index is -4.59. The summed E-state index contributed by atoms with van der Waals surface area (Å²) in [5.74, 6) is -0.715. The zero-order chi connectivity index (χ0) is 17.0. The molecule has 8 heteroatoms. The fourth-order valence-corrected chi connectivity index (χ4v) is 1.98. The van der Waals surface area contributed by atoms with E-state index in [1.807, 2.05) is 0 Å². The summed E-state index contributed by atoms with van der Waals surface area (Å²) < 4.78 is 44.5. The number of ether oxygens (including phenoxy) is 1. The van der Waals surface area contributed by atoms with Crippen LogP contribution >= 0.6 is 0 Å². The van der Waals surface area contributed by atoms with Crippen molar-refractivity contribution in [2.75, 3.05) is 12.4 Å². The van der Waals surface area contributed by atoms with E-state index in [9.17, 15) is 22.8 Å². The first-order valence-corrected chi connectivity index (χ1v) is 6.52. The molecule has 0 aliphatic carbocycles. The number of para-hydroxylation sites is 1. The molecule has 0 spiro atoms. The molecule has 0 radical (unpaired) electrons. The number of hydrogen-bond donors (Lipinski definition) is 1. The van der Waals surface area contributed by atoms with Crippen molar-refractivity contribution in [3.8, 4) is 5.75 Å². The molecule has 1 aromatic carbocycles. The number of benzene rings is 1. The van der Waals surface area contributed by atoms with E-state index in [0.29, 0.717) is 0 Å². The molecule has 2 rings (SSSR count). The van der Waals surface area contributed by atoms with Gasteiger partial charge in [-0.3, -0.25) is 9.59 Å². The zero-order valence-electron chi connectivity index (χ0n) is 12.1. The number of carbonyl (C=O) groups is 1. The summed E-state index contributed by atoms with van der Waals surface area (Å²) in [7, 11) is 1.31. The van der Waals surface area contributed by atoms with Crippen molar-refractivity contribution in [2.24, 2.45) is 0 Å². The highest BCUT2D eigenvalue weighted by Gasteiger charge is 2.33. The number of aromatic nitrogens is 1. The third-order valence-electron chi connectivity index (χ3n) is 3.03. The molecule has 0 saturated carbocycles. The molecular formula is C15H13F3N2O3. The summed E-state index contributed by atoms with van der Waals surface area (Å²) in [6, 6.07) is 7.54. The van der Waals surface area contributed by atoms with Gasteiger partial charge >= 0.3 is 6.18 Å². The van der Waals surface area contributed by atoms with Crippen LogP contribution in [-0.2, 0) is 17.5 Å². The third-order valence-corrected chi connectivity index (χ3v) is 3.03. The maximum atomic E-state index is 12.9. The van der Waals surface area contributed by atoms with E-state index in [4.69, 9.17) is 4.74 Å². The van der Waals surface area contributed by atoms with Gasteiger partial charge in [0.05, 0.1) is 18.4 Å². The van der Waals surface area contributed by atoms with Gasteiger partial charge in [-0.1, -0.05) is 12.1 Å². The highest BCUT2D eigenvalue weighted by Crippen LogP contribution is 2.34. The number of carbonyl (C=O) groups excluding carboxylic acids is 1. The Morgan fingerprint density at radius 2 is 1.91 bits per heavy atom. The Bertz CT molecular complexity index is 769. The second-order valence-corrected chi connectivity index (χ2v) is 4.60. The molecule has 0 fully saturated rings. The van der Waals surface area contributed by atoms with Gasteiger partial charge in [0.15, 0.2) is 5.75 Å². The van der Waals surface area contributed by atoms with E-state index in [0.717, 1.165) is 16.7 Å². The fourth-order valence-electron chi connectivity index (χ4n) is 1.98. The lowest BCUT2D eigenvalue weighted by Crippen LogP contribution is -2.28. The number of halogens is 3. The number of alkyl halides is 3. The van der Waals surface area contributed by atoms with Gasteiger partial charge < -0.3 is 14.6 Å². The Morgan fingerprint density at radius 1 is 1.22 bits per heavy atom. The summed E-state index contributed by atoms with van der Waals surface area (Å²) in [5, 5.41) is 2.17. The van der Waals surface area contributed by atoms with Gasteiger partial charge in [-0.2, -0.15) is 13.2 Å². The van der Waals surface area contributed by atoms with Crippen molar-refractivity contribution in [3.63, 3.8) is 0 Å². The van der Waals surface area contributed by atoms with Crippen molar-refractivity contribution < 1.29 is 22.7 Å². The molecule has 1 N–H and O–H groups in total. The van der Waals surface area contributed by atoms with Crippen molar-refractivity contribution in [1.82, 2.24) is 4.57 Å². The second kappa shape index (κ2) is 6.55. The Balaban J connectivity index is 2.20. The molecule has 1 amide bonds. The number of pyridine rings is 1. The maximum absolute atomic E-state index is 12.9. The van der Waals surface area contributed by atoms with E-state index in [2.05, 4.69) is 5.32 Å². The van der Waals surface area contributed by atoms with Crippen LogP contribution in [0.2, 0.25) is 0 Å². The molecule has 23 heavy (non-hydrogen) atoms. The van der Waals surface area contributed by atoms with Crippen LogP contribution in [0.25, 0.3) is 0 Å². The molecule has 0 saturated heterocycles. The Morgan fingerprint density at radius 3 is 2.57 bits per heavy atom. The number of amides is 1. The lowest BCUT2D eigenvalue weighted by Gasteiger charge is -2.14. The van der Waals surface area contributed by atoms with Crippen molar-refractivity contribution in [3.05, 3.63) is 58.5 Å². The standard InChI is InChI=1S/C15H13F3N2O3/c1-23-12-7-4-8-20(14(12)22)9-13(21)19-11-6-3-2-5-10(11)15(16,17)18/h2-8H,9H2,1H3,(H,19,21). The first-order chi connectivity index (χ1) is 10.8. The first-order valence-electron chi connectivity index (χ1n) is 6.52. The van der Waals surface area contributed by atoms with E-state index in [-0.39, 0.29) is 11.4 Å². The van der Waals surface area contributed by atoms with E-state index in [1.165, 1.54) is 37.6 Å². The van der Waals surface area contributed by atoms with Crippen LogP contribution in [0.3, 0.4) is 0 Å². The highest BCUT2D eigenvalue weighted by atomic mass is 19.4. The molecule has 0 bridgehead atoms. The third kappa shape index (κ3) is 3.91. The molecule has 122 valence electrons. The zero-order valence-corrected chi connectivity index (χ0v) is 12.1. The Kier molecular flexibility index (Phi) is 4.73. The number of anilines is 1. The van der Waals surface area contributed by atoms with E-state index < -0.39 is 29.8 Å². The molecule has 1 aromatic heterocycles. The summed E-state index contributed by atoms with van der Waals surface area (Å²) in [5.41, 5.74) is -1.86. The van der Waals surface area contributed by atoms with Crippen molar-refractivity contribution in [2.45, 2.75) is 12.7 Å². The highest BCUT2D eigenvalue weighted by molar-refractivity contribution is 5.91. The van der Waals surface area contributed by atoms with Crippen molar-refractivity contribution >= 4 is 11.6 Å². The molecule has 5 nitrogen and oxygen atoms in total. The van der Waals surface area contributed by atoms with Gasteiger partial charge in [0, 0.05) is 6.20 Å². The molecule has 0 aliphatic rings. The lowest BCUT2D eigenvalue weighted by molar-refractivity contribution is -0.137. The SMILES string of the molecule is COc1cccn(CC(=O)Nc2ccccc2C(F)(F)F)c1=O. The first kappa shape index (κ1) is 16.6. The molecule has 2 aromatic rings. The average molecular weight is 326 g/mol. The number of nitrogens with zero attached hydrogens (tertiary/aromatic N) is 1. The van der Waals surface area contributed by atoms with Crippen LogP contribution in [0.4, 0.5) is 18.9 Å². The summed E-state index contributed by atoms with van der Waals surface area (Å²) in [6.07, 6.45) is -3.24.